The van der Waals surface area contributed by atoms with Gasteiger partial charge in [-0.3, -0.25) is 0 Å². The van der Waals surface area contributed by atoms with Crippen molar-refractivity contribution in [3.8, 4) is 0 Å². The molecule has 1 saturated heterocycles. The molecule has 1 aliphatic carbocycles. The summed E-state index contributed by atoms with van der Waals surface area (Å²) >= 11 is 0. The van der Waals surface area contributed by atoms with Crippen LogP contribution < -0.4 is 5.32 Å². The maximum atomic E-state index is 6.14. The second-order valence-corrected chi connectivity index (χ2v) is 5.69. The summed E-state index contributed by atoms with van der Waals surface area (Å²) in [6.07, 6.45) is 9.32. The van der Waals surface area contributed by atoms with Crippen molar-refractivity contribution in [1.82, 2.24) is 5.32 Å². The van der Waals surface area contributed by atoms with Crippen molar-refractivity contribution < 1.29 is 4.74 Å². The number of hydrogen-bond acceptors (Lipinski definition) is 2. The molecule has 1 spiro atoms. The van der Waals surface area contributed by atoms with Crippen LogP contribution in [0, 0.1) is 5.92 Å². The van der Waals surface area contributed by atoms with E-state index in [-0.39, 0.29) is 5.60 Å². The molecule has 0 amide bonds. The lowest BCUT2D eigenvalue weighted by Gasteiger charge is -2.45. The molecule has 1 saturated carbocycles. The lowest BCUT2D eigenvalue weighted by Crippen LogP contribution is -2.46. The Labute approximate surface area is 100 Å². The van der Waals surface area contributed by atoms with Crippen molar-refractivity contribution in [1.29, 1.82) is 0 Å². The minimum Gasteiger partial charge on any atom is -0.375 e. The number of nitrogens with one attached hydrogen (secondary N) is 1. The van der Waals surface area contributed by atoms with E-state index in [1.807, 2.05) is 0 Å². The van der Waals surface area contributed by atoms with Gasteiger partial charge in [0.15, 0.2) is 0 Å². The van der Waals surface area contributed by atoms with Crippen LogP contribution in [-0.2, 0) is 4.74 Å². The van der Waals surface area contributed by atoms with Gasteiger partial charge in [-0.25, -0.2) is 0 Å². The molecule has 0 aromatic heterocycles. The largest absolute Gasteiger partial charge is 0.375 e. The lowest BCUT2D eigenvalue weighted by molar-refractivity contribution is -0.121. The Hall–Kier alpha value is -0.0800. The predicted octanol–water partition coefficient (Wildman–Crippen LogP) is 3.11. The molecular formula is C14H27NO. The summed E-state index contributed by atoms with van der Waals surface area (Å²) < 4.78 is 6.14. The Balaban J connectivity index is 1.92. The van der Waals surface area contributed by atoms with Gasteiger partial charge in [-0.1, -0.05) is 26.2 Å². The average Bonchev–Trinajstić information content (AvgIpc) is 2.30. The predicted molar refractivity (Wildman–Crippen MR) is 67.6 cm³/mol. The molecule has 2 aliphatic rings. The average molecular weight is 225 g/mol. The van der Waals surface area contributed by atoms with Crippen molar-refractivity contribution in [3.63, 3.8) is 0 Å². The first-order valence-electron chi connectivity index (χ1n) is 7.13. The summed E-state index contributed by atoms with van der Waals surface area (Å²) in [4.78, 5) is 0. The molecule has 0 aromatic carbocycles. The van der Waals surface area contributed by atoms with Crippen LogP contribution in [0.3, 0.4) is 0 Å². The molecule has 1 aliphatic heterocycles. The second kappa shape index (κ2) is 5.50. The molecule has 0 aromatic rings. The van der Waals surface area contributed by atoms with E-state index in [4.69, 9.17) is 4.74 Å². The Morgan fingerprint density at radius 1 is 1.31 bits per heavy atom. The minimum atomic E-state index is 0.269. The summed E-state index contributed by atoms with van der Waals surface area (Å²) in [5.74, 6) is 0.826. The molecule has 0 bridgehead atoms. The van der Waals surface area contributed by atoms with Gasteiger partial charge in [0.2, 0.25) is 0 Å². The third kappa shape index (κ3) is 2.78. The van der Waals surface area contributed by atoms with Crippen LogP contribution in [-0.4, -0.2) is 24.8 Å². The molecule has 2 rings (SSSR count). The van der Waals surface area contributed by atoms with Crippen LogP contribution >= 0.6 is 0 Å². The SMILES string of the molecule is CCNC(C)C1CCOC2(CCCCC2)C1. The molecule has 1 heterocycles. The lowest BCUT2D eigenvalue weighted by atomic mass is 9.74. The van der Waals surface area contributed by atoms with Crippen molar-refractivity contribution in [2.24, 2.45) is 5.92 Å². The highest BCUT2D eigenvalue weighted by Gasteiger charge is 2.39. The van der Waals surface area contributed by atoms with Gasteiger partial charge in [0, 0.05) is 12.6 Å². The summed E-state index contributed by atoms with van der Waals surface area (Å²) in [5, 5.41) is 3.58. The zero-order valence-electron chi connectivity index (χ0n) is 10.9. The van der Waals surface area contributed by atoms with E-state index < -0.39 is 0 Å². The van der Waals surface area contributed by atoms with E-state index in [0.29, 0.717) is 6.04 Å². The highest BCUT2D eigenvalue weighted by molar-refractivity contribution is 4.92. The monoisotopic (exact) mass is 225 g/mol. The van der Waals surface area contributed by atoms with Gasteiger partial charge in [-0.05, 0) is 45.1 Å². The minimum absolute atomic E-state index is 0.269. The van der Waals surface area contributed by atoms with Crippen LogP contribution in [0.2, 0.25) is 0 Å². The Morgan fingerprint density at radius 3 is 2.75 bits per heavy atom. The van der Waals surface area contributed by atoms with Crippen LogP contribution in [0.5, 0.6) is 0 Å². The molecule has 2 unspecified atom stereocenters. The molecule has 94 valence electrons. The Kier molecular flexibility index (Phi) is 4.26. The first-order chi connectivity index (χ1) is 7.76. The topological polar surface area (TPSA) is 21.3 Å². The quantitative estimate of drug-likeness (QED) is 0.797. The summed E-state index contributed by atoms with van der Waals surface area (Å²) in [5.41, 5.74) is 0.269. The highest BCUT2D eigenvalue weighted by Crippen LogP contribution is 2.41. The van der Waals surface area contributed by atoms with Gasteiger partial charge in [0.25, 0.3) is 0 Å². The van der Waals surface area contributed by atoms with Crippen molar-refractivity contribution in [2.45, 2.75) is 70.4 Å². The maximum Gasteiger partial charge on any atom is 0.0685 e. The third-order valence-corrected chi connectivity index (χ3v) is 4.53. The second-order valence-electron chi connectivity index (χ2n) is 5.69. The Bertz CT molecular complexity index is 205. The van der Waals surface area contributed by atoms with E-state index in [0.717, 1.165) is 19.1 Å². The zero-order chi connectivity index (χ0) is 11.4. The van der Waals surface area contributed by atoms with Gasteiger partial charge < -0.3 is 10.1 Å². The Morgan fingerprint density at radius 2 is 2.06 bits per heavy atom. The summed E-state index contributed by atoms with van der Waals surface area (Å²) in [7, 11) is 0. The molecular weight excluding hydrogens is 198 g/mol. The molecule has 2 nitrogen and oxygen atoms in total. The van der Waals surface area contributed by atoms with Crippen LogP contribution in [0.1, 0.15) is 58.8 Å². The molecule has 16 heavy (non-hydrogen) atoms. The summed E-state index contributed by atoms with van der Waals surface area (Å²) in [6, 6.07) is 0.660. The van der Waals surface area contributed by atoms with Crippen molar-refractivity contribution >= 4 is 0 Å². The van der Waals surface area contributed by atoms with Crippen LogP contribution in [0.25, 0.3) is 0 Å². The standard InChI is InChI=1S/C14H27NO/c1-3-15-12(2)13-7-10-16-14(11-13)8-5-4-6-9-14/h12-13,15H,3-11H2,1-2H3. The van der Waals surface area contributed by atoms with Crippen LogP contribution in [0.15, 0.2) is 0 Å². The van der Waals surface area contributed by atoms with E-state index in [9.17, 15) is 0 Å². The van der Waals surface area contributed by atoms with E-state index in [1.54, 1.807) is 0 Å². The third-order valence-electron chi connectivity index (χ3n) is 4.53. The maximum absolute atomic E-state index is 6.14. The first kappa shape index (κ1) is 12.4. The molecule has 2 heteroatoms. The smallest absolute Gasteiger partial charge is 0.0685 e. The highest BCUT2D eigenvalue weighted by atomic mass is 16.5. The first-order valence-corrected chi connectivity index (χ1v) is 7.13. The zero-order valence-corrected chi connectivity index (χ0v) is 10.9. The summed E-state index contributed by atoms with van der Waals surface area (Å²) in [6.45, 7) is 6.62. The van der Waals surface area contributed by atoms with E-state index >= 15 is 0 Å². The fourth-order valence-corrected chi connectivity index (χ4v) is 3.53. The van der Waals surface area contributed by atoms with Gasteiger partial charge in [-0.15, -0.1) is 0 Å². The fourth-order valence-electron chi connectivity index (χ4n) is 3.53. The number of rotatable bonds is 3. The van der Waals surface area contributed by atoms with Gasteiger partial charge in [-0.2, -0.15) is 0 Å². The molecule has 0 radical (unpaired) electrons. The van der Waals surface area contributed by atoms with Crippen molar-refractivity contribution in [2.75, 3.05) is 13.2 Å². The van der Waals surface area contributed by atoms with Gasteiger partial charge in [0.1, 0.15) is 0 Å². The number of hydrogen-bond donors (Lipinski definition) is 1. The van der Waals surface area contributed by atoms with Gasteiger partial charge >= 0.3 is 0 Å². The molecule has 2 fully saturated rings. The number of ether oxygens (including phenoxy) is 1. The van der Waals surface area contributed by atoms with E-state index in [2.05, 4.69) is 19.2 Å². The molecule has 1 N–H and O–H groups in total. The molecule has 2 atom stereocenters. The van der Waals surface area contributed by atoms with Crippen molar-refractivity contribution in [3.05, 3.63) is 0 Å². The van der Waals surface area contributed by atoms with Gasteiger partial charge in [0.05, 0.1) is 5.60 Å². The van der Waals surface area contributed by atoms with Crippen LogP contribution in [0.4, 0.5) is 0 Å². The normalized spacial score (nSPS) is 31.5. The fraction of sp³-hybridized carbons (Fsp3) is 1.00. The van der Waals surface area contributed by atoms with E-state index in [1.165, 1.54) is 44.9 Å².